The summed E-state index contributed by atoms with van der Waals surface area (Å²) >= 11 is 0. The standard InChI is InChI=1S/C19H30N2O3S/c1-15(2)8-6-9-16(3)20-19(22)17-10-7-11-18(14-17)25(23,24)21-12-4-5-13-21/h7,10-11,14-16H,4-6,8-9,12-13H2,1-3H3,(H,20,22)/t16-/m1/s1. The number of hydrogen-bond acceptors (Lipinski definition) is 3. The highest BCUT2D eigenvalue weighted by atomic mass is 32.2. The van der Waals surface area contributed by atoms with Crippen LogP contribution in [0.5, 0.6) is 0 Å². The van der Waals surface area contributed by atoms with Crippen LogP contribution in [0.15, 0.2) is 29.2 Å². The third-order valence-corrected chi connectivity index (χ3v) is 6.49. The van der Waals surface area contributed by atoms with Crippen molar-refractivity contribution in [1.82, 2.24) is 9.62 Å². The van der Waals surface area contributed by atoms with Crippen molar-refractivity contribution in [2.75, 3.05) is 13.1 Å². The summed E-state index contributed by atoms with van der Waals surface area (Å²) in [6.07, 6.45) is 4.93. The molecule has 1 aromatic carbocycles. The smallest absolute Gasteiger partial charge is 0.251 e. The predicted molar refractivity (Wildman–Crippen MR) is 100 cm³/mol. The van der Waals surface area contributed by atoms with Gasteiger partial charge in [-0.2, -0.15) is 4.31 Å². The number of benzene rings is 1. The van der Waals surface area contributed by atoms with Gasteiger partial charge in [0.25, 0.3) is 5.91 Å². The third kappa shape index (κ3) is 5.54. The van der Waals surface area contributed by atoms with Gasteiger partial charge in [0.15, 0.2) is 0 Å². The molecule has 1 N–H and O–H groups in total. The first-order valence-corrected chi connectivity index (χ1v) is 10.7. The van der Waals surface area contributed by atoms with E-state index in [1.54, 1.807) is 18.2 Å². The van der Waals surface area contributed by atoms with Crippen LogP contribution in [0.4, 0.5) is 0 Å². The van der Waals surface area contributed by atoms with Crippen LogP contribution in [0, 0.1) is 5.92 Å². The predicted octanol–water partition coefficient (Wildman–Crippen LogP) is 3.42. The van der Waals surface area contributed by atoms with Crippen molar-refractivity contribution >= 4 is 15.9 Å². The summed E-state index contributed by atoms with van der Waals surface area (Å²) in [6, 6.07) is 6.44. The van der Waals surface area contributed by atoms with Gasteiger partial charge in [-0.05, 0) is 50.3 Å². The van der Waals surface area contributed by atoms with Crippen LogP contribution in [0.3, 0.4) is 0 Å². The molecule has 1 amide bonds. The van der Waals surface area contributed by atoms with Gasteiger partial charge in [0.1, 0.15) is 0 Å². The first-order chi connectivity index (χ1) is 11.8. The highest BCUT2D eigenvalue weighted by Crippen LogP contribution is 2.21. The van der Waals surface area contributed by atoms with E-state index in [4.69, 9.17) is 0 Å². The molecular weight excluding hydrogens is 336 g/mol. The number of sulfonamides is 1. The lowest BCUT2D eigenvalue weighted by molar-refractivity contribution is 0.0937. The molecule has 5 nitrogen and oxygen atoms in total. The van der Waals surface area contributed by atoms with E-state index in [9.17, 15) is 13.2 Å². The highest BCUT2D eigenvalue weighted by molar-refractivity contribution is 7.89. The number of carbonyl (C=O) groups is 1. The second-order valence-corrected chi connectivity index (χ2v) is 9.28. The Bertz CT molecular complexity index is 680. The Kier molecular flexibility index (Phi) is 7.02. The molecule has 1 aromatic rings. The largest absolute Gasteiger partial charge is 0.350 e. The Labute approximate surface area is 151 Å². The van der Waals surface area contributed by atoms with Crippen LogP contribution < -0.4 is 5.32 Å². The summed E-state index contributed by atoms with van der Waals surface area (Å²) in [5.41, 5.74) is 0.399. The zero-order chi connectivity index (χ0) is 18.4. The van der Waals surface area contributed by atoms with Gasteiger partial charge in [-0.25, -0.2) is 8.42 Å². The van der Waals surface area contributed by atoms with E-state index in [0.29, 0.717) is 24.6 Å². The van der Waals surface area contributed by atoms with Crippen molar-refractivity contribution in [3.8, 4) is 0 Å². The van der Waals surface area contributed by atoms with Crippen LogP contribution in [-0.4, -0.2) is 37.8 Å². The topological polar surface area (TPSA) is 66.5 Å². The van der Waals surface area contributed by atoms with Crippen molar-refractivity contribution in [2.24, 2.45) is 5.92 Å². The Morgan fingerprint density at radius 2 is 1.84 bits per heavy atom. The number of carbonyl (C=O) groups excluding carboxylic acids is 1. The van der Waals surface area contributed by atoms with Crippen LogP contribution in [0.1, 0.15) is 63.2 Å². The second-order valence-electron chi connectivity index (χ2n) is 7.34. The molecule has 0 saturated carbocycles. The number of nitrogens with one attached hydrogen (secondary N) is 1. The van der Waals surface area contributed by atoms with Crippen molar-refractivity contribution in [2.45, 2.75) is 63.8 Å². The highest BCUT2D eigenvalue weighted by Gasteiger charge is 2.27. The molecule has 1 aliphatic rings. The SMILES string of the molecule is CC(C)CCC[C@@H](C)NC(=O)c1cccc(S(=O)(=O)N2CCCC2)c1. The molecule has 25 heavy (non-hydrogen) atoms. The molecule has 1 aliphatic heterocycles. The fourth-order valence-electron chi connectivity index (χ4n) is 3.09. The van der Waals surface area contributed by atoms with E-state index < -0.39 is 10.0 Å². The van der Waals surface area contributed by atoms with Crippen LogP contribution in [0.25, 0.3) is 0 Å². The van der Waals surface area contributed by atoms with Gasteiger partial charge in [-0.15, -0.1) is 0 Å². The second kappa shape index (κ2) is 8.81. The maximum Gasteiger partial charge on any atom is 0.251 e. The molecule has 0 spiro atoms. The molecule has 1 fully saturated rings. The molecule has 140 valence electrons. The average molecular weight is 367 g/mol. The lowest BCUT2D eigenvalue weighted by Crippen LogP contribution is -2.33. The molecule has 0 radical (unpaired) electrons. The summed E-state index contributed by atoms with van der Waals surface area (Å²) < 4.78 is 26.8. The van der Waals surface area contributed by atoms with E-state index >= 15 is 0 Å². The van der Waals surface area contributed by atoms with Gasteiger partial charge in [-0.1, -0.05) is 32.8 Å². The number of hydrogen-bond donors (Lipinski definition) is 1. The lowest BCUT2D eigenvalue weighted by atomic mass is 10.0. The minimum atomic E-state index is -3.49. The van der Waals surface area contributed by atoms with Gasteiger partial charge in [0.05, 0.1) is 4.90 Å². The van der Waals surface area contributed by atoms with Crippen molar-refractivity contribution in [3.05, 3.63) is 29.8 Å². The summed E-state index contributed by atoms with van der Waals surface area (Å²) in [5, 5.41) is 2.97. The van der Waals surface area contributed by atoms with Crippen molar-refractivity contribution in [1.29, 1.82) is 0 Å². The molecule has 0 bridgehead atoms. The first-order valence-electron chi connectivity index (χ1n) is 9.22. The van der Waals surface area contributed by atoms with E-state index in [2.05, 4.69) is 19.2 Å². The van der Waals surface area contributed by atoms with Crippen molar-refractivity contribution < 1.29 is 13.2 Å². The van der Waals surface area contributed by atoms with E-state index in [1.165, 1.54) is 10.4 Å². The minimum Gasteiger partial charge on any atom is -0.350 e. The van der Waals surface area contributed by atoms with Gasteiger partial charge in [0, 0.05) is 24.7 Å². The van der Waals surface area contributed by atoms with E-state index in [0.717, 1.165) is 32.1 Å². The van der Waals surface area contributed by atoms with Crippen LogP contribution >= 0.6 is 0 Å². The van der Waals surface area contributed by atoms with E-state index in [1.807, 2.05) is 6.92 Å². The molecule has 0 aliphatic carbocycles. The quantitative estimate of drug-likeness (QED) is 0.767. The van der Waals surface area contributed by atoms with Gasteiger partial charge >= 0.3 is 0 Å². The molecular formula is C19H30N2O3S. The minimum absolute atomic E-state index is 0.0742. The third-order valence-electron chi connectivity index (χ3n) is 4.60. The molecule has 2 rings (SSSR count). The number of rotatable bonds is 8. The number of nitrogens with zero attached hydrogens (tertiary/aromatic N) is 1. The van der Waals surface area contributed by atoms with E-state index in [-0.39, 0.29) is 16.8 Å². The average Bonchev–Trinajstić information content (AvgIpc) is 3.10. The Morgan fingerprint density at radius 1 is 1.16 bits per heavy atom. The molecule has 6 heteroatoms. The first kappa shape index (κ1) is 19.9. The molecule has 0 unspecified atom stereocenters. The number of amides is 1. The molecule has 0 aromatic heterocycles. The Morgan fingerprint density at radius 3 is 2.48 bits per heavy atom. The molecule has 1 saturated heterocycles. The monoisotopic (exact) mass is 366 g/mol. The molecule has 1 atom stereocenters. The van der Waals surface area contributed by atoms with Crippen LogP contribution in [0.2, 0.25) is 0 Å². The maximum atomic E-state index is 12.6. The lowest BCUT2D eigenvalue weighted by Gasteiger charge is -2.17. The normalized spacial score (nSPS) is 17.0. The zero-order valence-corrected chi connectivity index (χ0v) is 16.3. The van der Waals surface area contributed by atoms with Crippen LogP contribution in [-0.2, 0) is 10.0 Å². The summed E-state index contributed by atoms with van der Waals surface area (Å²) in [7, 11) is -3.49. The summed E-state index contributed by atoms with van der Waals surface area (Å²) in [6.45, 7) is 7.49. The maximum absolute atomic E-state index is 12.6. The molecule has 1 heterocycles. The fraction of sp³-hybridized carbons (Fsp3) is 0.632. The zero-order valence-electron chi connectivity index (χ0n) is 15.5. The Balaban J connectivity index is 2.01. The Hall–Kier alpha value is -1.40. The van der Waals surface area contributed by atoms with Gasteiger partial charge in [0.2, 0.25) is 10.0 Å². The summed E-state index contributed by atoms with van der Waals surface area (Å²) in [5.74, 6) is 0.450. The van der Waals surface area contributed by atoms with Crippen molar-refractivity contribution in [3.63, 3.8) is 0 Å². The fourth-order valence-corrected chi connectivity index (χ4v) is 4.65. The van der Waals surface area contributed by atoms with Gasteiger partial charge in [-0.3, -0.25) is 4.79 Å². The summed E-state index contributed by atoms with van der Waals surface area (Å²) in [4.78, 5) is 12.6. The van der Waals surface area contributed by atoms with Gasteiger partial charge < -0.3 is 5.32 Å².